The zero-order valence-electron chi connectivity index (χ0n) is 21.0. The summed E-state index contributed by atoms with van der Waals surface area (Å²) in [5, 5.41) is 0. The second-order valence-electron chi connectivity index (χ2n) is 12.0. The molecule has 2 aliphatic heterocycles. The number of ether oxygens (including phenoxy) is 1. The van der Waals surface area contributed by atoms with Gasteiger partial charge in [0.25, 0.3) is 0 Å². The van der Waals surface area contributed by atoms with Crippen molar-refractivity contribution in [2.24, 2.45) is 5.41 Å². The van der Waals surface area contributed by atoms with Crippen LogP contribution in [-0.2, 0) is 20.5 Å². The first-order chi connectivity index (χ1) is 14.8. The third-order valence-corrected chi connectivity index (χ3v) is 8.02. The van der Waals surface area contributed by atoms with Crippen molar-refractivity contribution in [1.29, 1.82) is 0 Å². The van der Waals surface area contributed by atoms with E-state index in [0.717, 1.165) is 25.6 Å². The molecule has 6 heteroatoms. The summed E-state index contributed by atoms with van der Waals surface area (Å²) in [6.45, 7) is 15.6. The number of nitrogens with zero attached hydrogens (tertiary/aromatic N) is 1. The van der Waals surface area contributed by atoms with E-state index in [2.05, 4.69) is 52.0 Å². The quantitative estimate of drug-likeness (QED) is 0.554. The van der Waals surface area contributed by atoms with Crippen LogP contribution in [-0.4, -0.2) is 48.0 Å². The lowest BCUT2D eigenvalue weighted by Gasteiger charge is -2.41. The van der Waals surface area contributed by atoms with Crippen LogP contribution in [0.2, 0.25) is 6.32 Å². The van der Waals surface area contributed by atoms with Crippen LogP contribution in [0, 0.1) is 5.41 Å². The molecule has 0 bridgehead atoms. The molecule has 1 aliphatic carbocycles. The fourth-order valence-electron chi connectivity index (χ4n) is 5.74. The fraction of sp³-hybridized carbons (Fsp3) is 0.731. The van der Waals surface area contributed by atoms with Crippen molar-refractivity contribution in [2.45, 2.75) is 103 Å². The lowest BCUT2D eigenvalue weighted by molar-refractivity contribution is 0.00578. The molecule has 5 nitrogen and oxygen atoms in total. The van der Waals surface area contributed by atoms with E-state index in [0.29, 0.717) is 19.0 Å². The Bertz CT molecular complexity index is 846. The fourth-order valence-corrected chi connectivity index (χ4v) is 5.74. The molecule has 2 fully saturated rings. The number of hydrogen-bond acceptors (Lipinski definition) is 4. The molecule has 2 unspecified atom stereocenters. The molecule has 32 heavy (non-hydrogen) atoms. The standard InChI is InChI=1S/C26H40BNO4/c1-23(2,3)30-22(29)28-16-15-26(18-28,17-27-31-24(4,5)25(6,7)32-27)21-14-10-12-19-11-8-9-13-20(19)21/h8-9,11,13,21H,10,12,14-18H2,1-7H3. The lowest BCUT2D eigenvalue weighted by atomic mass is 9.57. The number of fused-ring (bicyclic) bond motifs is 1. The topological polar surface area (TPSA) is 48.0 Å². The summed E-state index contributed by atoms with van der Waals surface area (Å²) in [7, 11) is -0.271. The molecule has 0 saturated carbocycles. The Labute approximate surface area is 194 Å². The number of hydrogen-bond donors (Lipinski definition) is 0. The summed E-state index contributed by atoms with van der Waals surface area (Å²) < 4.78 is 18.6. The highest BCUT2D eigenvalue weighted by molar-refractivity contribution is 6.45. The predicted molar refractivity (Wildman–Crippen MR) is 128 cm³/mol. The van der Waals surface area contributed by atoms with Gasteiger partial charge in [-0.1, -0.05) is 24.3 Å². The maximum absolute atomic E-state index is 13.0. The van der Waals surface area contributed by atoms with Crippen molar-refractivity contribution in [1.82, 2.24) is 4.90 Å². The molecule has 3 aliphatic rings. The third kappa shape index (κ3) is 4.45. The highest BCUT2D eigenvalue weighted by Crippen LogP contribution is 2.54. The van der Waals surface area contributed by atoms with Gasteiger partial charge in [0, 0.05) is 13.1 Å². The molecular weight excluding hydrogens is 401 g/mol. The van der Waals surface area contributed by atoms with Crippen molar-refractivity contribution in [3.63, 3.8) is 0 Å². The average molecular weight is 441 g/mol. The molecule has 1 aromatic carbocycles. The SMILES string of the molecule is CC(C)(C)OC(=O)N1CCC(CB2OC(C)(C)C(C)(C)O2)(C2CCCc3ccccc32)C1. The van der Waals surface area contributed by atoms with Gasteiger partial charge in [0.1, 0.15) is 5.60 Å². The Morgan fingerprint density at radius 2 is 1.81 bits per heavy atom. The monoisotopic (exact) mass is 441 g/mol. The second kappa shape index (κ2) is 8.05. The van der Waals surface area contributed by atoms with Gasteiger partial charge in [-0.15, -0.1) is 0 Å². The predicted octanol–water partition coefficient (Wildman–Crippen LogP) is 5.83. The van der Waals surface area contributed by atoms with Crippen LogP contribution in [0.15, 0.2) is 24.3 Å². The van der Waals surface area contributed by atoms with Gasteiger partial charge in [0.05, 0.1) is 11.2 Å². The number of rotatable bonds is 3. The van der Waals surface area contributed by atoms with E-state index in [1.54, 1.807) is 0 Å². The summed E-state index contributed by atoms with van der Waals surface area (Å²) in [5.41, 5.74) is 1.61. The summed E-state index contributed by atoms with van der Waals surface area (Å²) >= 11 is 0. The molecule has 1 amide bonds. The Morgan fingerprint density at radius 3 is 2.47 bits per heavy atom. The third-order valence-electron chi connectivity index (χ3n) is 8.02. The molecule has 0 N–H and O–H groups in total. The highest BCUT2D eigenvalue weighted by Gasteiger charge is 2.56. The summed E-state index contributed by atoms with van der Waals surface area (Å²) in [5.74, 6) is 0.388. The Hall–Kier alpha value is -1.53. The number of carbonyl (C=O) groups is 1. The van der Waals surface area contributed by atoms with Gasteiger partial charge >= 0.3 is 13.2 Å². The largest absolute Gasteiger partial charge is 0.458 e. The van der Waals surface area contributed by atoms with Crippen molar-refractivity contribution < 1.29 is 18.8 Å². The first-order valence-corrected chi connectivity index (χ1v) is 12.2. The van der Waals surface area contributed by atoms with E-state index in [-0.39, 0.29) is 29.8 Å². The summed E-state index contributed by atoms with van der Waals surface area (Å²) in [4.78, 5) is 14.9. The van der Waals surface area contributed by atoms with Crippen molar-refractivity contribution in [2.75, 3.05) is 13.1 Å². The lowest BCUT2D eigenvalue weighted by Crippen LogP contribution is -2.41. The Kier molecular flexibility index (Phi) is 5.95. The van der Waals surface area contributed by atoms with E-state index in [1.165, 1.54) is 17.5 Å². The van der Waals surface area contributed by atoms with E-state index >= 15 is 0 Å². The van der Waals surface area contributed by atoms with Gasteiger partial charge in [-0.05, 0) is 103 Å². The Balaban J connectivity index is 1.64. The van der Waals surface area contributed by atoms with Crippen molar-refractivity contribution in [3.05, 3.63) is 35.4 Å². The minimum absolute atomic E-state index is 0.0887. The zero-order valence-corrected chi connectivity index (χ0v) is 21.0. The van der Waals surface area contributed by atoms with Gasteiger partial charge in [0.2, 0.25) is 0 Å². The molecule has 0 spiro atoms. The van der Waals surface area contributed by atoms with Crippen molar-refractivity contribution >= 4 is 13.2 Å². The van der Waals surface area contributed by atoms with E-state index in [9.17, 15) is 4.79 Å². The maximum Gasteiger partial charge on any atom is 0.458 e. The molecular formula is C26H40BNO4. The van der Waals surface area contributed by atoms with Crippen LogP contribution in [0.4, 0.5) is 4.79 Å². The summed E-state index contributed by atoms with van der Waals surface area (Å²) in [6.07, 6.45) is 4.97. The van der Waals surface area contributed by atoms with Crippen LogP contribution in [0.3, 0.4) is 0 Å². The van der Waals surface area contributed by atoms with Gasteiger partial charge in [0.15, 0.2) is 0 Å². The van der Waals surface area contributed by atoms with Crippen LogP contribution in [0.1, 0.15) is 84.8 Å². The van der Waals surface area contributed by atoms with Gasteiger partial charge in [-0.2, -0.15) is 0 Å². The van der Waals surface area contributed by atoms with Gasteiger partial charge in [-0.3, -0.25) is 0 Å². The van der Waals surface area contributed by atoms with Crippen molar-refractivity contribution in [3.8, 4) is 0 Å². The minimum atomic E-state index is -0.495. The molecule has 2 atom stereocenters. The van der Waals surface area contributed by atoms with Crippen LogP contribution in [0.25, 0.3) is 0 Å². The molecule has 176 valence electrons. The Morgan fingerprint density at radius 1 is 1.16 bits per heavy atom. The molecule has 4 rings (SSSR count). The van der Waals surface area contributed by atoms with Crippen LogP contribution in [0.5, 0.6) is 0 Å². The number of carbonyl (C=O) groups excluding carboxylic acids is 1. The molecule has 1 aromatic rings. The number of amides is 1. The number of likely N-dealkylation sites (tertiary alicyclic amines) is 1. The smallest absolute Gasteiger partial charge is 0.444 e. The van der Waals surface area contributed by atoms with Crippen LogP contribution < -0.4 is 0 Å². The molecule has 0 radical (unpaired) electrons. The maximum atomic E-state index is 13.0. The number of aryl methyl sites for hydroxylation is 1. The van der Waals surface area contributed by atoms with E-state index < -0.39 is 5.60 Å². The molecule has 0 aromatic heterocycles. The second-order valence-corrected chi connectivity index (χ2v) is 12.0. The normalized spacial score (nSPS) is 29.2. The first-order valence-electron chi connectivity index (χ1n) is 12.2. The van der Waals surface area contributed by atoms with E-state index in [4.69, 9.17) is 14.0 Å². The highest BCUT2D eigenvalue weighted by atomic mass is 16.7. The number of benzene rings is 1. The van der Waals surface area contributed by atoms with Crippen LogP contribution >= 0.6 is 0 Å². The summed E-state index contributed by atoms with van der Waals surface area (Å²) in [6, 6.07) is 8.86. The van der Waals surface area contributed by atoms with Gasteiger partial charge < -0.3 is 18.9 Å². The average Bonchev–Trinajstić information content (AvgIpc) is 3.18. The van der Waals surface area contributed by atoms with E-state index in [1.807, 2.05) is 25.7 Å². The first kappa shape index (κ1) is 23.6. The molecule has 2 heterocycles. The zero-order chi connectivity index (χ0) is 23.4. The minimum Gasteiger partial charge on any atom is -0.444 e. The van der Waals surface area contributed by atoms with Gasteiger partial charge in [-0.25, -0.2) is 4.79 Å². The molecule has 2 saturated heterocycles.